The third-order valence-electron chi connectivity index (χ3n) is 2.41. The second-order valence-electron chi connectivity index (χ2n) is 4.23. The van der Waals surface area contributed by atoms with Gasteiger partial charge in [-0.2, -0.15) is 0 Å². The summed E-state index contributed by atoms with van der Waals surface area (Å²) in [5, 5.41) is 4.64. The number of hydrogen-bond donors (Lipinski definition) is 1. The number of carbonyl (C=O) groups is 1. The Hall–Kier alpha value is -1.02. The van der Waals surface area contributed by atoms with Gasteiger partial charge in [-0.3, -0.25) is 4.79 Å². The Kier molecular flexibility index (Phi) is 5.26. The summed E-state index contributed by atoms with van der Waals surface area (Å²) in [6.45, 7) is 1.54. The van der Waals surface area contributed by atoms with Gasteiger partial charge < -0.3 is 9.64 Å². The third-order valence-corrected chi connectivity index (χ3v) is 4.34. The Morgan fingerprint density at radius 2 is 1.85 bits per heavy atom. The molecule has 0 spiro atoms. The van der Waals surface area contributed by atoms with E-state index in [2.05, 4.69) is 0 Å². The second kappa shape index (κ2) is 6.17. The highest BCUT2D eigenvalue weighted by atomic mass is 35.5. The number of carbonyl (C=O) groups excluding carboxylic acids is 1. The van der Waals surface area contributed by atoms with Crippen molar-refractivity contribution in [2.24, 2.45) is 5.14 Å². The van der Waals surface area contributed by atoms with Gasteiger partial charge in [-0.1, -0.05) is 23.2 Å². The minimum absolute atomic E-state index is 0.103. The smallest absolute Gasteiger partial charge is 0.262 e. The number of hydrogen-bond acceptors (Lipinski definition) is 4. The molecular weight excluding hydrogens is 327 g/mol. The van der Waals surface area contributed by atoms with Gasteiger partial charge in [-0.15, -0.1) is 0 Å². The zero-order valence-corrected chi connectivity index (χ0v) is 13.4. The average molecular weight is 341 g/mol. The van der Waals surface area contributed by atoms with Crippen LogP contribution in [0.25, 0.3) is 0 Å². The first-order valence-corrected chi connectivity index (χ1v) is 7.74. The molecule has 2 N–H and O–H groups in total. The molecule has 0 saturated heterocycles. The summed E-state index contributed by atoms with van der Waals surface area (Å²) in [5.74, 6) is -0.167. The minimum Gasteiger partial charge on any atom is -0.479 e. The van der Waals surface area contributed by atoms with E-state index >= 15 is 0 Å². The summed E-state index contributed by atoms with van der Waals surface area (Å²) in [4.78, 5) is 12.7. The van der Waals surface area contributed by atoms with Gasteiger partial charge in [0.05, 0.1) is 5.02 Å². The molecule has 1 aromatic rings. The topological polar surface area (TPSA) is 89.7 Å². The van der Waals surface area contributed by atoms with Gasteiger partial charge in [-0.05, 0) is 19.1 Å². The second-order valence-corrected chi connectivity index (χ2v) is 6.51. The molecule has 0 fully saturated rings. The fraction of sp³-hybridized carbons (Fsp3) is 0.364. The first-order valence-electron chi connectivity index (χ1n) is 5.44. The highest BCUT2D eigenvalue weighted by molar-refractivity contribution is 7.89. The molecule has 1 aromatic carbocycles. The summed E-state index contributed by atoms with van der Waals surface area (Å²) in [7, 11) is -0.810. The molecule has 9 heteroatoms. The quantitative estimate of drug-likeness (QED) is 0.899. The Bertz CT molecular complexity index is 632. The van der Waals surface area contributed by atoms with Gasteiger partial charge in [0, 0.05) is 14.1 Å². The van der Waals surface area contributed by atoms with E-state index in [-0.39, 0.29) is 26.6 Å². The molecule has 0 saturated carbocycles. The summed E-state index contributed by atoms with van der Waals surface area (Å²) < 4.78 is 27.9. The van der Waals surface area contributed by atoms with Crippen LogP contribution in [-0.2, 0) is 14.8 Å². The Morgan fingerprint density at radius 1 is 1.30 bits per heavy atom. The summed E-state index contributed by atoms with van der Waals surface area (Å²) >= 11 is 11.8. The molecule has 0 aromatic heterocycles. The maximum Gasteiger partial charge on any atom is 0.262 e. The third kappa shape index (κ3) is 3.76. The van der Waals surface area contributed by atoms with E-state index in [1.165, 1.54) is 17.0 Å². The molecule has 20 heavy (non-hydrogen) atoms. The molecule has 1 amide bonds. The maximum absolute atomic E-state index is 11.7. The number of halogens is 2. The molecule has 0 bridgehead atoms. The standard InChI is InChI=1S/C11H14Cl2N2O4S/c1-6(11(16)15(2)3)19-7-4-5-8(20(14,17)18)10(13)9(7)12/h4-6H,1-3H3,(H2,14,17,18). The van der Waals surface area contributed by atoms with Crippen molar-refractivity contribution in [1.82, 2.24) is 4.90 Å². The molecular formula is C11H14Cl2N2O4S. The van der Waals surface area contributed by atoms with Crippen LogP contribution in [-0.4, -0.2) is 39.4 Å². The number of rotatable bonds is 4. The van der Waals surface area contributed by atoms with Gasteiger partial charge in [0.15, 0.2) is 6.10 Å². The van der Waals surface area contributed by atoms with Crippen molar-refractivity contribution in [2.75, 3.05) is 14.1 Å². The number of benzene rings is 1. The zero-order valence-electron chi connectivity index (χ0n) is 11.1. The lowest BCUT2D eigenvalue weighted by molar-refractivity contribution is -0.135. The van der Waals surface area contributed by atoms with Crippen LogP contribution in [0, 0.1) is 0 Å². The highest BCUT2D eigenvalue weighted by Crippen LogP contribution is 2.36. The Balaban J connectivity index is 3.12. The number of likely N-dealkylation sites (N-methyl/N-ethyl adjacent to an activating group) is 1. The fourth-order valence-corrected chi connectivity index (χ4v) is 2.78. The molecule has 1 atom stereocenters. The molecule has 0 aliphatic carbocycles. The average Bonchev–Trinajstić information content (AvgIpc) is 2.32. The van der Waals surface area contributed by atoms with Crippen LogP contribution in [0.2, 0.25) is 10.0 Å². The molecule has 112 valence electrons. The first kappa shape index (κ1) is 17.0. The Morgan fingerprint density at radius 3 is 2.30 bits per heavy atom. The molecule has 0 radical (unpaired) electrons. The van der Waals surface area contributed by atoms with E-state index in [0.29, 0.717) is 0 Å². The van der Waals surface area contributed by atoms with Crippen molar-refractivity contribution in [3.05, 3.63) is 22.2 Å². The van der Waals surface area contributed by atoms with E-state index in [0.717, 1.165) is 0 Å². The monoisotopic (exact) mass is 340 g/mol. The van der Waals surface area contributed by atoms with Crippen molar-refractivity contribution in [3.8, 4) is 5.75 Å². The largest absolute Gasteiger partial charge is 0.479 e. The predicted molar refractivity (Wildman–Crippen MR) is 76.6 cm³/mol. The first-order chi connectivity index (χ1) is 9.05. The Labute approximate surface area is 127 Å². The van der Waals surface area contributed by atoms with Crippen molar-refractivity contribution in [1.29, 1.82) is 0 Å². The number of nitrogens with two attached hydrogens (primary N) is 1. The van der Waals surface area contributed by atoms with E-state index in [1.54, 1.807) is 21.0 Å². The van der Waals surface area contributed by atoms with E-state index in [1.807, 2.05) is 0 Å². The van der Waals surface area contributed by atoms with Gasteiger partial charge in [-0.25, -0.2) is 13.6 Å². The highest BCUT2D eigenvalue weighted by Gasteiger charge is 2.22. The zero-order chi connectivity index (χ0) is 15.7. The van der Waals surface area contributed by atoms with E-state index in [4.69, 9.17) is 33.1 Å². The lowest BCUT2D eigenvalue weighted by Gasteiger charge is -2.19. The number of primary sulfonamides is 1. The van der Waals surface area contributed by atoms with Crippen LogP contribution in [0.15, 0.2) is 17.0 Å². The SMILES string of the molecule is CC(Oc1ccc(S(N)(=O)=O)c(Cl)c1Cl)C(=O)N(C)C. The van der Waals surface area contributed by atoms with Crippen LogP contribution >= 0.6 is 23.2 Å². The van der Waals surface area contributed by atoms with E-state index < -0.39 is 16.1 Å². The lowest BCUT2D eigenvalue weighted by atomic mass is 10.3. The summed E-state index contributed by atoms with van der Waals surface area (Å²) in [6, 6.07) is 2.47. The lowest BCUT2D eigenvalue weighted by Crippen LogP contribution is -2.35. The maximum atomic E-state index is 11.7. The number of sulfonamides is 1. The van der Waals surface area contributed by atoms with Crippen LogP contribution in [0.3, 0.4) is 0 Å². The summed E-state index contributed by atoms with van der Waals surface area (Å²) in [6.07, 6.45) is -0.793. The molecule has 0 aliphatic rings. The van der Waals surface area contributed by atoms with Crippen molar-refractivity contribution in [3.63, 3.8) is 0 Å². The van der Waals surface area contributed by atoms with E-state index in [9.17, 15) is 13.2 Å². The molecule has 0 heterocycles. The molecule has 1 rings (SSSR count). The number of ether oxygens (including phenoxy) is 1. The van der Waals surface area contributed by atoms with Gasteiger partial charge >= 0.3 is 0 Å². The van der Waals surface area contributed by atoms with Crippen molar-refractivity contribution in [2.45, 2.75) is 17.9 Å². The number of amides is 1. The van der Waals surface area contributed by atoms with Crippen LogP contribution in [0.4, 0.5) is 0 Å². The predicted octanol–water partition coefficient (Wildman–Crippen LogP) is 1.50. The van der Waals surface area contributed by atoms with Crippen molar-refractivity contribution >= 4 is 39.1 Å². The fourth-order valence-electron chi connectivity index (χ4n) is 1.43. The van der Waals surface area contributed by atoms with Crippen LogP contribution in [0.1, 0.15) is 6.92 Å². The van der Waals surface area contributed by atoms with Gasteiger partial charge in [0.25, 0.3) is 5.91 Å². The van der Waals surface area contributed by atoms with Crippen LogP contribution in [0.5, 0.6) is 5.75 Å². The van der Waals surface area contributed by atoms with Crippen LogP contribution < -0.4 is 9.88 Å². The molecule has 1 unspecified atom stereocenters. The molecule has 0 aliphatic heterocycles. The van der Waals surface area contributed by atoms with Gasteiger partial charge in [0.1, 0.15) is 15.7 Å². The van der Waals surface area contributed by atoms with Crippen molar-refractivity contribution < 1.29 is 17.9 Å². The van der Waals surface area contributed by atoms with Gasteiger partial charge in [0.2, 0.25) is 10.0 Å². The number of nitrogens with zero attached hydrogens (tertiary/aromatic N) is 1. The molecule has 6 nitrogen and oxygen atoms in total. The minimum atomic E-state index is -3.98. The normalized spacial score (nSPS) is 12.9. The summed E-state index contributed by atoms with van der Waals surface area (Å²) in [5.41, 5.74) is 0.